The number of carbonyl (C=O) groups is 3. The number of anilines is 2. The Bertz CT molecular complexity index is 1340. The SMILES string of the molecule is COc1cc2c(cc1OC)N(c1ccccc1)CN(CCOC1C(=O)SC(=O)N1Cc1ccccc1)C2=O. The summed E-state index contributed by atoms with van der Waals surface area (Å²) >= 11 is 0.647. The highest BCUT2D eigenvalue weighted by Crippen LogP contribution is 2.41. The van der Waals surface area contributed by atoms with Crippen molar-refractivity contribution in [2.45, 2.75) is 12.8 Å². The maximum absolute atomic E-state index is 13.5. The van der Waals surface area contributed by atoms with Crippen LogP contribution in [0.15, 0.2) is 72.8 Å². The first-order valence-electron chi connectivity index (χ1n) is 12.1. The number of fused-ring (bicyclic) bond motifs is 1. The zero-order valence-corrected chi connectivity index (χ0v) is 21.8. The van der Waals surface area contributed by atoms with E-state index in [1.54, 1.807) is 24.1 Å². The fourth-order valence-corrected chi connectivity index (χ4v) is 5.27. The third-order valence-electron chi connectivity index (χ3n) is 6.43. The molecular formula is C28H27N3O6S. The number of thioether (sulfide) groups is 1. The monoisotopic (exact) mass is 533 g/mol. The molecule has 1 fully saturated rings. The summed E-state index contributed by atoms with van der Waals surface area (Å²) in [5, 5.41) is -0.702. The quantitative estimate of drug-likeness (QED) is 0.398. The summed E-state index contributed by atoms with van der Waals surface area (Å²) in [6, 6.07) is 22.6. The van der Waals surface area contributed by atoms with E-state index in [-0.39, 0.29) is 42.6 Å². The van der Waals surface area contributed by atoms with E-state index in [1.807, 2.05) is 65.6 Å². The minimum Gasteiger partial charge on any atom is -0.493 e. The van der Waals surface area contributed by atoms with Gasteiger partial charge in [0.2, 0.25) is 11.3 Å². The molecule has 2 amide bonds. The van der Waals surface area contributed by atoms with Crippen molar-refractivity contribution >= 4 is 39.4 Å². The topological polar surface area (TPSA) is 88.6 Å². The van der Waals surface area contributed by atoms with E-state index in [0.717, 1.165) is 11.3 Å². The average Bonchev–Trinajstić information content (AvgIpc) is 3.21. The molecule has 5 rings (SSSR count). The summed E-state index contributed by atoms with van der Waals surface area (Å²) in [6.07, 6.45) is -1.01. The van der Waals surface area contributed by atoms with Crippen molar-refractivity contribution < 1.29 is 28.6 Å². The molecule has 3 aromatic rings. The van der Waals surface area contributed by atoms with Crippen LogP contribution in [0.1, 0.15) is 15.9 Å². The highest BCUT2D eigenvalue weighted by atomic mass is 32.2. The number of ether oxygens (including phenoxy) is 3. The van der Waals surface area contributed by atoms with Crippen molar-refractivity contribution in [2.24, 2.45) is 0 Å². The van der Waals surface area contributed by atoms with E-state index >= 15 is 0 Å². The number of methoxy groups -OCH3 is 2. The molecular weight excluding hydrogens is 506 g/mol. The maximum atomic E-state index is 13.5. The number of benzene rings is 3. The molecule has 0 N–H and O–H groups in total. The third-order valence-corrected chi connectivity index (χ3v) is 7.24. The van der Waals surface area contributed by atoms with E-state index in [2.05, 4.69) is 0 Å². The molecule has 3 aromatic carbocycles. The van der Waals surface area contributed by atoms with E-state index in [9.17, 15) is 14.4 Å². The van der Waals surface area contributed by atoms with Crippen LogP contribution in [-0.2, 0) is 16.1 Å². The van der Waals surface area contributed by atoms with Gasteiger partial charge in [0.1, 0.15) is 0 Å². The fourth-order valence-electron chi connectivity index (χ4n) is 4.52. The van der Waals surface area contributed by atoms with Crippen molar-refractivity contribution in [3.8, 4) is 11.5 Å². The van der Waals surface area contributed by atoms with Crippen molar-refractivity contribution in [3.05, 3.63) is 83.9 Å². The molecule has 1 atom stereocenters. The Balaban J connectivity index is 1.35. The molecule has 10 heteroatoms. The fraction of sp³-hybridized carbons (Fsp3) is 0.250. The van der Waals surface area contributed by atoms with Gasteiger partial charge in [-0.1, -0.05) is 48.5 Å². The molecule has 0 spiro atoms. The first-order valence-corrected chi connectivity index (χ1v) is 12.9. The lowest BCUT2D eigenvalue weighted by Crippen LogP contribution is -2.47. The summed E-state index contributed by atoms with van der Waals surface area (Å²) in [4.78, 5) is 43.6. The van der Waals surface area contributed by atoms with Gasteiger partial charge in [0.25, 0.3) is 11.1 Å². The molecule has 9 nitrogen and oxygen atoms in total. The second kappa shape index (κ2) is 11.2. The number of carbonyl (C=O) groups excluding carboxylic acids is 3. The van der Waals surface area contributed by atoms with Gasteiger partial charge in [-0.15, -0.1) is 0 Å². The first kappa shape index (κ1) is 25.6. The molecule has 0 aromatic heterocycles. The van der Waals surface area contributed by atoms with Crippen molar-refractivity contribution in [1.29, 1.82) is 0 Å². The first-order chi connectivity index (χ1) is 18.5. The molecule has 2 aliphatic rings. The van der Waals surface area contributed by atoms with Crippen LogP contribution in [0, 0.1) is 0 Å². The van der Waals surface area contributed by atoms with E-state index < -0.39 is 6.23 Å². The van der Waals surface area contributed by atoms with Gasteiger partial charge < -0.3 is 24.0 Å². The molecule has 0 radical (unpaired) electrons. The maximum Gasteiger partial charge on any atom is 0.292 e. The Morgan fingerprint density at radius 2 is 1.55 bits per heavy atom. The van der Waals surface area contributed by atoms with Gasteiger partial charge >= 0.3 is 0 Å². The lowest BCUT2D eigenvalue weighted by molar-refractivity contribution is -0.129. The molecule has 196 valence electrons. The van der Waals surface area contributed by atoms with Crippen LogP contribution < -0.4 is 14.4 Å². The Kier molecular flexibility index (Phi) is 7.52. The lowest BCUT2D eigenvalue weighted by Gasteiger charge is -2.38. The predicted molar refractivity (Wildman–Crippen MR) is 144 cm³/mol. The van der Waals surface area contributed by atoms with E-state index in [1.165, 1.54) is 12.0 Å². The second-order valence-electron chi connectivity index (χ2n) is 8.72. The zero-order valence-electron chi connectivity index (χ0n) is 21.0. The standard InChI is InChI=1S/C28H27N3O6S/c1-35-23-15-21-22(16-24(23)36-2)31(20-11-7-4-8-12-20)18-29(25(21)32)13-14-37-26-27(33)38-28(34)30(26)17-19-9-5-3-6-10-19/h3-12,15-16,26H,13-14,17-18H2,1-2H3. The van der Waals surface area contributed by atoms with Crippen molar-refractivity contribution in [2.75, 3.05) is 38.9 Å². The van der Waals surface area contributed by atoms with Crippen LogP contribution in [0.4, 0.5) is 16.2 Å². The third kappa shape index (κ3) is 5.05. The molecule has 0 bridgehead atoms. The molecule has 0 aliphatic carbocycles. The summed E-state index contributed by atoms with van der Waals surface area (Å²) in [5.41, 5.74) is 2.97. The average molecular weight is 534 g/mol. The van der Waals surface area contributed by atoms with Gasteiger partial charge in [-0.05, 0) is 23.8 Å². The Morgan fingerprint density at radius 1 is 0.895 bits per heavy atom. The summed E-state index contributed by atoms with van der Waals surface area (Å²) in [5.74, 6) is 0.785. The van der Waals surface area contributed by atoms with E-state index in [4.69, 9.17) is 14.2 Å². The van der Waals surface area contributed by atoms with Crippen LogP contribution in [0.3, 0.4) is 0 Å². The van der Waals surface area contributed by atoms with Gasteiger partial charge in [-0.3, -0.25) is 19.3 Å². The highest BCUT2D eigenvalue weighted by molar-refractivity contribution is 8.26. The molecule has 0 saturated carbocycles. The normalized spacial score (nSPS) is 17.2. The van der Waals surface area contributed by atoms with Gasteiger partial charge in [-0.2, -0.15) is 0 Å². The van der Waals surface area contributed by atoms with Gasteiger partial charge in [0.05, 0.1) is 38.7 Å². The van der Waals surface area contributed by atoms with Crippen LogP contribution in [0.5, 0.6) is 11.5 Å². The number of hydrogen-bond acceptors (Lipinski definition) is 8. The highest BCUT2D eigenvalue weighted by Gasteiger charge is 2.41. The molecule has 38 heavy (non-hydrogen) atoms. The number of nitrogens with zero attached hydrogens (tertiary/aromatic N) is 3. The van der Waals surface area contributed by atoms with Crippen LogP contribution >= 0.6 is 11.8 Å². The van der Waals surface area contributed by atoms with E-state index in [0.29, 0.717) is 34.5 Å². The summed E-state index contributed by atoms with van der Waals surface area (Å²) in [7, 11) is 3.08. The Labute approximate surface area is 224 Å². The Morgan fingerprint density at radius 3 is 2.24 bits per heavy atom. The van der Waals surface area contributed by atoms with Gasteiger partial charge in [0.15, 0.2) is 11.5 Å². The van der Waals surface area contributed by atoms with Gasteiger partial charge in [0, 0.05) is 36.6 Å². The lowest BCUT2D eigenvalue weighted by atomic mass is 10.1. The number of hydrogen-bond donors (Lipinski definition) is 0. The van der Waals surface area contributed by atoms with Crippen LogP contribution in [0.25, 0.3) is 0 Å². The number of para-hydroxylation sites is 1. The summed E-state index contributed by atoms with van der Waals surface area (Å²) < 4.78 is 16.8. The Hall–Kier alpha value is -4.02. The zero-order chi connectivity index (χ0) is 26.6. The second-order valence-corrected chi connectivity index (χ2v) is 9.68. The van der Waals surface area contributed by atoms with Gasteiger partial charge in [-0.25, -0.2) is 0 Å². The minimum absolute atomic E-state index is 0.0759. The number of rotatable bonds is 9. The van der Waals surface area contributed by atoms with Crippen molar-refractivity contribution in [1.82, 2.24) is 9.80 Å². The predicted octanol–water partition coefficient (Wildman–Crippen LogP) is 4.49. The minimum atomic E-state index is -1.01. The molecule has 1 saturated heterocycles. The smallest absolute Gasteiger partial charge is 0.292 e. The largest absolute Gasteiger partial charge is 0.493 e. The van der Waals surface area contributed by atoms with Crippen molar-refractivity contribution in [3.63, 3.8) is 0 Å². The summed E-state index contributed by atoms with van der Waals surface area (Å²) in [6.45, 7) is 0.835. The molecule has 1 unspecified atom stereocenters. The molecule has 2 aliphatic heterocycles. The number of amides is 2. The van der Waals surface area contributed by atoms with Crippen LogP contribution in [-0.4, -0.2) is 66.3 Å². The molecule has 2 heterocycles. The van der Waals surface area contributed by atoms with Crippen LogP contribution in [0.2, 0.25) is 0 Å².